The molecule has 0 N–H and O–H groups in total. The van der Waals surface area contributed by atoms with Gasteiger partial charge in [0.15, 0.2) is 0 Å². The second-order valence-corrected chi connectivity index (χ2v) is 10.0. The summed E-state index contributed by atoms with van der Waals surface area (Å²) in [5, 5.41) is 0. The second kappa shape index (κ2) is 9.11. The van der Waals surface area contributed by atoms with E-state index in [1.807, 2.05) is 0 Å². The van der Waals surface area contributed by atoms with E-state index in [0.717, 1.165) is 5.75 Å². The molecule has 0 saturated carbocycles. The molecule has 1 heterocycles. The molecule has 0 radical (unpaired) electrons. The highest BCUT2D eigenvalue weighted by molar-refractivity contribution is 7.99. The molecule has 0 aromatic heterocycles. The fourth-order valence-electron chi connectivity index (χ4n) is 3.42. The maximum absolute atomic E-state index is 12.7. The van der Waals surface area contributed by atoms with Crippen LogP contribution in [-0.2, 0) is 20.6 Å². The lowest BCUT2D eigenvalue weighted by Crippen LogP contribution is -2.50. The first-order chi connectivity index (χ1) is 13.4. The normalized spacial score (nSPS) is 15.6. The Morgan fingerprint density at radius 1 is 0.964 bits per heavy atom. The Morgan fingerprint density at radius 2 is 1.57 bits per heavy atom. The molecule has 1 fully saturated rings. The van der Waals surface area contributed by atoms with Crippen molar-refractivity contribution in [2.45, 2.75) is 24.5 Å². The summed E-state index contributed by atoms with van der Waals surface area (Å²) in [4.78, 5) is 14.6. The van der Waals surface area contributed by atoms with Gasteiger partial charge < -0.3 is 4.90 Å². The quantitative estimate of drug-likeness (QED) is 0.723. The predicted octanol–water partition coefficient (Wildman–Crippen LogP) is 3.07. The number of hydrogen-bond acceptors (Lipinski definition) is 4. The van der Waals surface area contributed by atoms with Crippen molar-refractivity contribution in [3.63, 3.8) is 0 Å². The van der Waals surface area contributed by atoms with Crippen molar-refractivity contribution >= 4 is 27.7 Å². The van der Waals surface area contributed by atoms with Crippen LogP contribution in [0, 0.1) is 13.8 Å². The number of carbonyl (C=O) groups excluding carboxylic acids is 1. The maximum Gasteiger partial charge on any atom is 0.243 e. The summed E-state index contributed by atoms with van der Waals surface area (Å²) in [5.74, 6) is 1.29. The highest BCUT2D eigenvalue weighted by atomic mass is 32.2. The standard InChI is InChI=1S/C21H26N2O3S2/c1-17-12-18(2)14-19(13-17)15-27-16-21(24)22-8-10-23(11-9-22)28(25,26)20-6-4-3-5-7-20/h3-7,12-14H,8-11,15-16H2,1-2H3. The first-order valence-corrected chi connectivity index (χ1v) is 11.9. The Kier molecular flexibility index (Phi) is 6.80. The molecule has 0 aliphatic carbocycles. The molecule has 2 aromatic carbocycles. The number of piperazine rings is 1. The van der Waals surface area contributed by atoms with Crippen molar-refractivity contribution in [3.8, 4) is 0 Å². The van der Waals surface area contributed by atoms with Crippen molar-refractivity contribution < 1.29 is 13.2 Å². The van der Waals surface area contributed by atoms with Gasteiger partial charge >= 0.3 is 0 Å². The zero-order valence-corrected chi connectivity index (χ0v) is 17.9. The van der Waals surface area contributed by atoms with Crippen LogP contribution in [0.15, 0.2) is 53.4 Å². The Bertz CT molecular complexity index is 902. The van der Waals surface area contributed by atoms with E-state index >= 15 is 0 Å². The fraction of sp³-hybridized carbons (Fsp3) is 0.381. The number of amides is 1. The lowest BCUT2D eigenvalue weighted by Gasteiger charge is -2.34. The minimum atomic E-state index is -3.48. The average molecular weight is 419 g/mol. The highest BCUT2D eigenvalue weighted by Crippen LogP contribution is 2.19. The molecule has 1 saturated heterocycles. The summed E-state index contributed by atoms with van der Waals surface area (Å²) < 4.78 is 26.8. The van der Waals surface area contributed by atoms with Gasteiger partial charge in [0.05, 0.1) is 10.6 Å². The van der Waals surface area contributed by atoms with E-state index in [1.165, 1.54) is 21.0 Å². The van der Waals surface area contributed by atoms with Crippen molar-refractivity contribution in [3.05, 3.63) is 65.2 Å². The molecule has 150 valence electrons. The van der Waals surface area contributed by atoms with Gasteiger partial charge in [-0.2, -0.15) is 4.31 Å². The Labute approximate surface area is 171 Å². The third kappa shape index (κ3) is 5.16. The van der Waals surface area contributed by atoms with Crippen LogP contribution in [0.25, 0.3) is 0 Å². The number of sulfonamides is 1. The number of rotatable bonds is 6. The van der Waals surface area contributed by atoms with E-state index < -0.39 is 10.0 Å². The van der Waals surface area contributed by atoms with E-state index in [0.29, 0.717) is 36.8 Å². The molecule has 1 aliphatic heterocycles. The van der Waals surface area contributed by atoms with Gasteiger partial charge in [-0.25, -0.2) is 8.42 Å². The third-order valence-corrected chi connectivity index (χ3v) is 7.65. The Balaban J connectivity index is 1.48. The van der Waals surface area contributed by atoms with Crippen molar-refractivity contribution in [2.24, 2.45) is 0 Å². The van der Waals surface area contributed by atoms with Crippen LogP contribution < -0.4 is 0 Å². The molecule has 5 nitrogen and oxygen atoms in total. The molecule has 2 aromatic rings. The second-order valence-electron chi connectivity index (χ2n) is 7.09. The zero-order chi connectivity index (χ0) is 20.1. The minimum Gasteiger partial charge on any atom is -0.339 e. The summed E-state index contributed by atoms with van der Waals surface area (Å²) in [6, 6.07) is 14.9. The summed E-state index contributed by atoms with van der Waals surface area (Å²) in [6.45, 7) is 5.71. The smallest absolute Gasteiger partial charge is 0.243 e. The van der Waals surface area contributed by atoms with Crippen LogP contribution >= 0.6 is 11.8 Å². The van der Waals surface area contributed by atoms with E-state index in [1.54, 1.807) is 47.0 Å². The molecule has 3 rings (SSSR count). The lowest BCUT2D eigenvalue weighted by atomic mass is 10.1. The van der Waals surface area contributed by atoms with Gasteiger partial charge in [-0.1, -0.05) is 47.5 Å². The number of benzene rings is 2. The van der Waals surface area contributed by atoms with Gasteiger partial charge in [-0.05, 0) is 31.5 Å². The average Bonchev–Trinajstić information content (AvgIpc) is 2.68. The van der Waals surface area contributed by atoms with Crippen LogP contribution in [0.2, 0.25) is 0 Å². The fourth-order valence-corrected chi connectivity index (χ4v) is 5.72. The van der Waals surface area contributed by atoms with Gasteiger partial charge in [0.1, 0.15) is 0 Å². The summed E-state index contributed by atoms with van der Waals surface area (Å²) in [6.07, 6.45) is 0. The number of aryl methyl sites for hydroxylation is 2. The lowest BCUT2D eigenvalue weighted by molar-refractivity contribution is -0.129. The monoisotopic (exact) mass is 418 g/mol. The van der Waals surface area contributed by atoms with Crippen LogP contribution in [0.4, 0.5) is 0 Å². The topological polar surface area (TPSA) is 57.7 Å². The van der Waals surface area contributed by atoms with Gasteiger partial charge in [0, 0.05) is 31.9 Å². The van der Waals surface area contributed by atoms with Crippen molar-refractivity contribution in [2.75, 3.05) is 31.9 Å². The van der Waals surface area contributed by atoms with Gasteiger partial charge in [-0.15, -0.1) is 11.8 Å². The Hall–Kier alpha value is -1.83. The highest BCUT2D eigenvalue weighted by Gasteiger charge is 2.29. The van der Waals surface area contributed by atoms with Crippen molar-refractivity contribution in [1.29, 1.82) is 0 Å². The third-order valence-electron chi connectivity index (χ3n) is 4.75. The SMILES string of the molecule is Cc1cc(C)cc(CSCC(=O)N2CCN(S(=O)(=O)c3ccccc3)CC2)c1. The molecule has 1 amide bonds. The Morgan fingerprint density at radius 3 is 2.18 bits per heavy atom. The molecule has 0 atom stereocenters. The molecule has 0 spiro atoms. The van der Waals surface area contributed by atoms with Gasteiger partial charge in [0.25, 0.3) is 0 Å². The molecule has 0 bridgehead atoms. The first kappa shape index (κ1) is 20.9. The molecule has 1 aliphatic rings. The number of carbonyl (C=O) groups is 1. The molecule has 0 unspecified atom stereocenters. The summed E-state index contributed by atoms with van der Waals surface area (Å²) >= 11 is 1.61. The van der Waals surface area contributed by atoms with Crippen molar-refractivity contribution in [1.82, 2.24) is 9.21 Å². The van der Waals surface area contributed by atoms with Crippen LogP contribution in [0.5, 0.6) is 0 Å². The molecule has 28 heavy (non-hydrogen) atoms. The first-order valence-electron chi connectivity index (χ1n) is 9.34. The van der Waals surface area contributed by atoms with E-state index in [2.05, 4.69) is 32.0 Å². The van der Waals surface area contributed by atoms with E-state index in [4.69, 9.17) is 0 Å². The van der Waals surface area contributed by atoms with Gasteiger partial charge in [-0.3, -0.25) is 4.79 Å². The largest absolute Gasteiger partial charge is 0.339 e. The zero-order valence-electron chi connectivity index (χ0n) is 16.3. The molecule has 7 heteroatoms. The number of thioether (sulfide) groups is 1. The van der Waals surface area contributed by atoms with E-state index in [-0.39, 0.29) is 5.91 Å². The summed E-state index contributed by atoms with van der Waals surface area (Å²) in [7, 11) is -3.48. The summed E-state index contributed by atoms with van der Waals surface area (Å²) in [5.41, 5.74) is 3.70. The van der Waals surface area contributed by atoms with E-state index in [9.17, 15) is 13.2 Å². The van der Waals surface area contributed by atoms with Crippen LogP contribution in [-0.4, -0.2) is 55.5 Å². The molecular formula is C21H26N2O3S2. The predicted molar refractivity (Wildman–Crippen MR) is 114 cm³/mol. The minimum absolute atomic E-state index is 0.0751. The van der Waals surface area contributed by atoms with Gasteiger partial charge in [0.2, 0.25) is 15.9 Å². The maximum atomic E-state index is 12.7. The number of nitrogens with zero attached hydrogens (tertiary/aromatic N) is 2. The molecular weight excluding hydrogens is 392 g/mol. The van der Waals surface area contributed by atoms with Crippen LogP contribution in [0.3, 0.4) is 0 Å². The number of hydrogen-bond donors (Lipinski definition) is 0. The van der Waals surface area contributed by atoms with Crippen LogP contribution in [0.1, 0.15) is 16.7 Å².